The molecule has 14 heavy (non-hydrogen) atoms. The van der Waals surface area contributed by atoms with Crippen LogP contribution in [0, 0.1) is 11.3 Å². The summed E-state index contributed by atoms with van der Waals surface area (Å²) in [6.07, 6.45) is 3.88. The maximum atomic E-state index is 8.50. The van der Waals surface area contributed by atoms with E-state index in [0.717, 1.165) is 16.3 Å². The van der Waals surface area contributed by atoms with E-state index in [1.54, 1.807) is 12.4 Å². The molecule has 2 heterocycles. The molecule has 0 spiro atoms. The Bertz CT molecular complexity index is 456. The van der Waals surface area contributed by atoms with Crippen LogP contribution in [0.1, 0.15) is 5.01 Å². The molecule has 0 atom stereocenters. The number of nitrogens with zero attached hydrogens (tertiary/aromatic N) is 3. The van der Waals surface area contributed by atoms with Crippen LogP contribution >= 0.6 is 11.3 Å². The third-order valence-electron chi connectivity index (χ3n) is 1.74. The third kappa shape index (κ3) is 1.78. The number of hydrogen-bond acceptors (Lipinski definition) is 4. The molecule has 0 aliphatic heterocycles. The Labute approximate surface area is 85.7 Å². The molecular formula is C10H7N3S. The minimum Gasteiger partial charge on any atom is -0.264 e. The fourth-order valence-corrected chi connectivity index (χ4v) is 1.84. The van der Waals surface area contributed by atoms with E-state index in [4.69, 9.17) is 5.26 Å². The van der Waals surface area contributed by atoms with Gasteiger partial charge in [-0.2, -0.15) is 5.26 Å². The first kappa shape index (κ1) is 8.85. The van der Waals surface area contributed by atoms with Gasteiger partial charge in [-0.25, -0.2) is 4.98 Å². The predicted octanol–water partition coefficient (Wildman–Crippen LogP) is 2.27. The standard InChI is InChI=1S/C10H7N3S/c11-4-3-10-13-9(7-14-10)8-2-1-5-12-6-8/h1-2,5-7H,3H2. The van der Waals surface area contributed by atoms with Crippen LogP contribution in [-0.2, 0) is 6.42 Å². The van der Waals surface area contributed by atoms with Crippen LogP contribution in [0.5, 0.6) is 0 Å². The average Bonchev–Trinajstić information content (AvgIpc) is 2.68. The number of hydrogen-bond donors (Lipinski definition) is 0. The summed E-state index contributed by atoms with van der Waals surface area (Å²) in [5.41, 5.74) is 1.89. The predicted molar refractivity (Wildman–Crippen MR) is 54.7 cm³/mol. The molecule has 2 aromatic rings. The topological polar surface area (TPSA) is 49.6 Å². The normalized spacial score (nSPS) is 9.64. The summed E-state index contributed by atoms with van der Waals surface area (Å²) in [6.45, 7) is 0. The summed E-state index contributed by atoms with van der Waals surface area (Å²) in [5.74, 6) is 0. The second-order valence-electron chi connectivity index (χ2n) is 2.70. The third-order valence-corrected chi connectivity index (χ3v) is 2.59. The van der Waals surface area contributed by atoms with Crippen LogP contribution in [-0.4, -0.2) is 9.97 Å². The Kier molecular flexibility index (Phi) is 2.52. The Morgan fingerprint density at radius 3 is 3.14 bits per heavy atom. The second kappa shape index (κ2) is 3.99. The van der Waals surface area contributed by atoms with Crippen molar-refractivity contribution in [2.24, 2.45) is 0 Å². The molecule has 3 nitrogen and oxygen atoms in total. The zero-order valence-corrected chi connectivity index (χ0v) is 8.16. The van der Waals surface area contributed by atoms with Gasteiger partial charge in [-0.3, -0.25) is 4.98 Å². The van der Waals surface area contributed by atoms with E-state index in [-0.39, 0.29) is 0 Å². The van der Waals surface area contributed by atoms with Gasteiger partial charge in [0.05, 0.1) is 18.2 Å². The quantitative estimate of drug-likeness (QED) is 0.748. The van der Waals surface area contributed by atoms with Crippen LogP contribution in [0.25, 0.3) is 11.3 Å². The maximum Gasteiger partial charge on any atom is 0.107 e. The number of thiazole rings is 1. The maximum absolute atomic E-state index is 8.50. The number of nitriles is 1. The molecule has 4 heteroatoms. The molecule has 0 unspecified atom stereocenters. The molecule has 0 aromatic carbocycles. The molecule has 0 fully saturated rings. The van der Waals surface area contributed by atoms with Crippen molar-refractivity contribution >= 4 is 11.3 Å². The van der Waals surface area contributed by atoms with Crippen molar-refractivity contribution in [2.45, 2.75) is 6.42 Å². The molecule has 0 aliphatic rings. The van der Waals surface area contributed by atoms with E-state index in [9.17, 15) is 0 Å². The molecule has 0 radical (unpaired) electrons. The summed E-state index contributed by atoms with van der Waals surface area (Å²) in [7, 11) is 0. The van der Waals surface area contributed by atoms with Crippen LogP contribution in [0.15, 0.2) is 29.9 Å². The van der Waals surface area contributed by atoms with Crippen LogP contribution in [0.4, 0.5) is 0 Å². The molecule has 0 saturated heterocycles. The summed E-state index contributed by atoms with van der Waals surface area (Å²) >= 11 is 1.51. The average molecular weight is 201 g/mol. The minimum absolute atomic E-state index is 0.380. The molecule has 0 bridgehead atoms. The Morgan fingerprint density at radius 1 is 1.50 bits per heavy atom. The largest absolute Gasteiger partial charge is 0.264 e. The fourth-order valence-electron chi connectivity index (χ4n) is 1.11. The lowest BCUT2D eigenvalue weighted by Crippen LogP contribution is -1.81. The summed E-state index contributed by atoms with van der Waals surface area (Å²) in [6, 6.07) is 5.91. The van der Waals surface area contributed by atoms with Crippen molar-refractivity contribution < 1.29 is 0 Å². The zero-order chi connectivity index (χ0) is 9.80. The van der Waals surface area contributed by atoms with Crippen LogP contribution in [0.2, 0.25) is 0 Å². The van der Waals surface area contributed by atoms with E-state index in [0.29, 0.717) is 6.42 Å². The van der Waals surface area contributed by atoms with Crippen molar-refractivity contribution in [3.05, 3.63) is 34.9 Å². The summed E-state index contributed by atoms with van der Waals surface area (Å²) < 4.78 is 0. The number of pyridine rings is 1. The zero-order valence-electron chi connectivity index (χ0n) is 7.34. The van der Waals surface area contributed by atoms with E-state index in [1.165, 1.54) is 11.3 Å². The SMILES string of the molecule is N#CCc1nc(-c2cccnc2)cs1. The molecule has 2 rings (SSSR count). The molecule has 68 valence electrons. The molecule has 2 aromatic heterocycles. The van der Waals surface area contributed by atoms with Crippen molar-refractivity contribution in [1.29, 1.82) is 5.26 Å². The van der Waals surface area contributed by atoms with Gasteiger partial charge < -0.3 is 0 Å². The van der Waals surface area contributed by atoms with Gasteiger partial charge in [-0.15, -0.1) is 11.3 Å². The number of rotatable bonds is 2. The highest BCUT2D eigenvalue weighted by molar-refractivity contribution is 7.10. The van der Waals surface area contributed by atoms with Gasteiger partial charge in [0.15, 0.2) is 0 Å². The van der Waals surface area contributed by atoms with Crippen LogP contribution in [0.3, 0.4) is 0 Å². The van der Waals surface area contributed by atoms with E-state index >= 15 is 0 Å². The highest BCUT2D eigenvalue weighted by atomic mass is 32.1. The fraction of sp³-hybridized carbons (Fsp3) is 0.100. The summed E-state index contributed by atoms with van der Waals surface area (Å²) in [4.78, 5) is 8.34. The molecular weight excluding hydrogens is 194 g/mol. The van der Waals surface area contributed by atoms with E-state index in [1.807, 2.05) is 17.5 Å². The number of aromatic nitrogens is 2. The monoisotopic (exact) mass is 201 g/mol. The van der Waals surface area contributed by atoms with Gasteiger partial charge in [0.25, 0.3) is 0 Å². The summed E-state index contributed by atoms with van der Waals surface area (Å²) in [5, 5.41) is 11.3. The van der Waals surface area contributed by atoms with Gasteiger partial charge in [-0.05, 0) is 12.1 Å². The van der Waals surface area contributed by atoms with Crippen molar-refractivity contribution in [2.75, 3.05) is 0 Å². The van der Waals surface area contributed by atoms with Gasteiger partial charge >= 0.3 is 0 Å². The minimum atomic E-state index is 0.380. The van der Waals surface area contributed by atoms with Crippen LogP contribution < -0.4 is 0 Å². The lowest BCUT2D eigenvalue weighted by atomic mass is 10.2. The Balaban J connectivity index is 2.31. The molecule has 0 N–H and O–H groups in total. The first-order valence-electron chi connectivity index (χ1n) is 4.12. The van der Waals surface area contributed by atoms with Gasteiger partial charge in [0.1, 0.15) is 5.01 Å². The molecule has 0 amide bonds. The lowest BCUT2D eigenvalue weighted by molar-refractivity contribution is 1.19. The first-order chi connectivity index (χ1) is 6.90. The van der Waals surface area contributed by atoms with Gasteiger partial charge in [0, 0.05) is 23.3 Å². The van der Waals surface area contributed by atoms with Crippen molar-refractivity contribution in [1.82, 2.24) is 9.97 Å². The van der Waals surface area contributed by atoms with Gasteiger partial charge in [0.2, 0.25) is 0 Å². The van der Waals surface area contributed by atoms with E-state index in [2.05, 4.69) is 16.0 Å². The molecule has 0 saturated carbocycles. The van der Waals surface area contributed by atoms with Gasteiger partial charge in [-0.1, -0.05) is 0 Å². The molecule has 0 aliphatic carbocycles. The van der Waals surface area contributed by atoms with Crippen molar-refractivity contribution in [3.63, 3.8) is 0 Å². The first-order valence-corrected chi connectivity index (χ1v) is 5.00. The lowest BCUT2D eigenvalue weighted by Gasteiger charge is -1.92. The van der Waals surface area contributed by atoms with Crippen molar-refractivity contribution in [3.8, 4) is 17.3 Å². The Hall–Kier alpha value is -1.73. The highest BCUT2D eigenvalue weighted by Gasteiger charge is 2.03. The smallest absolute Gasteiger partial charge is 0.107 e. The Morgan fingerprint density at radius 2 is 2.43 bits per heavy atom. The second-order valence-corrected chi connectivity index (χ2v) is 3.65. The highest BCUT2D eigenvalue weighted by Crippen LogP contribution is 2.20. The van der Waals surface area contributed by atoms with E-state index < -0.39 is 0 Å².